The van der Waals surface area contributed by atoms with E-state index in [4.69, 9.17) is 5.11 Å². The fourth-order valence-electron chi connectivity index (χ4n) is 2.40. The molecule has 2 atom stereocenters. The molecule has 5 nitrogen and oxygen atoms in total. The van der Waals surface area contributed by atoms with Crippen molar-refractivity contribution in [3.8, 4) is 0 Å². The van der Waals surface area contributed by atoms with Gasteiger partial charge in [-0.3, -0.25) is 14.5 Å². The maximum absolute atomic E-state index is 11.1. The number of aliphatic carboxylic acids is 1. The summed E-state index contributed by atoms with van der Waals surface area (Å²) in [6.45, 7) is 1.53. The van der Waals surface area contributed by atoms with Crippen molar-refractivity contribution >= 4 is 11.9 Å². The molecule has 0 aliphatic heterocycles. The van der Waals surface area contributed by atoms with Crippen LogP contribution in [0.15, 0.2) is 0 Å². The topological polar surface area (TPSA) is 69.6 Å². The predicted molar refractivity (Wildman–Crippen MR) is 60.1 cm³/mol. The quantitative estimate of drug-likeness (QED) is 0.733. The van der Waals surface area contributed by atoms with Gasteiger partial charge in [-0.25, -0.2) is 0 Å². The Morgan fingerprint density at radius 2 is 2.00 bits per heavy atom. The highest BCUT2D eigenvalue weighted by atomic mass is 16.4. The van der Waals surface area contributed by atoms with Crippen LogP contribution in [0.25, 0.3) is 0 Å². The third kappa shape index (κ3) is 3.81. The van der Waals surface area contributed by atoms with E-state index in [1.807, 2.05) is 4.90 Å². The normalized spacial score (nSPS) is 25.4. The molecule has 92 valence electrons. The second-order valence-corrected chi connectivity index (χ2v) is 4.47. The number of carbonyl (C=O) groups excluding carboxylic acids is 1. The highest BCUT2D eigenvalue weighted by molar-refractivity contribution is 5.73. The van der Waals surface area contributed by atoms with E-state index < -0.39 is 5.97 Å². The van der Waals surface area contributed by atoms with E-state index in [0.29, 0.717) is 0 Å². The minimum Gasteiger partial charge on any atom is -0.480 e. The molecule has 1 rings (SSSR count). The van der Waals surface area contributed by atoms with Crippen molar-refractivity contribution in [1.82, 2.24) is 10.2 Å². The molecule has 0 bridgehead atoms. The van der Waals surface area contributed by atoms with Crippen molar-refractivity contribution in [2.45, 2.75) is 44.7 Å². The largest absolute Gasteiger partial charge is 0.480 e. The van der Waals surface area contributed by atoms with Gasteiger partial charge in [0.05, 0.1) is 6.54 Å². The first-order valence-corrected chi connectivity index (χ1v) is 5.70. The summed E-state index contributed by atoms with van der Waals surface area (Å²) in [4.78, 5) is 23.5. The van der Waals surface area contributed by atoms with Gasteiger partial charge in [0.2, 0.25) is 5.91 Å². The molecule has 0 aromatic heterocycles. The van der Waals surface area contributed by atoms with Crippen molar-refractivity contribution in [2.24, 2.45) is 0 Å². The molecule has 0 aromatic rings. The van der Waals surface area contributed by atoms with Crippen molar-refractivity contribution in [3.05, 3.63) is 0 Å². The van der Waals surface area contributed by atoms with E-state index >= 15 is 0 Å². The van der Waals surface area contributed by atoms with Crippen LogP contribution in [0.1, 0.15) is 32.6 Å². The van der Waals surface area contributed by atoms with Crippen LogP contribution in [0.3, 0.4) is 0 Å². The second kappa shape index (κ2) is 5.84. The Morgan fingerprint density at radius 3 is 2.56 bits per heavy atom. The lowest BCUT2D eigenvalue weighted by molar-refractivity contribution is -0.138. The molecule has 0 radical (unpaired) electrons. The molecule has 1 amide bonds. The standard InChI is InChI=1S/C11H20N2O3/c1-8(14)12-9-5-3-4-6-10(9)13(2)7-11(15)16/h9-10H,3-7H2,1-2H3,(H,12,14)(H,15,16)/t9-,10+/m1/s1. The molecule has 0 saturated heterocycles. The van der Waals surface area contributed by atoms with E-state index in [0.717, 1.165) is 25.7 Å². The van der Waals surface area contributed by atoms with Crippen LogP contribution in [0, 0.1) is 0 Å². The first-order chi connectivity index (χ1) is 7.50. The fourth-order valence-corrected chi connectivity index (χ4v) is 2.40. The van der Waals surface area contributed by atoms with Crippen LogP contribution in [0.2, 0.25) is 0 Å². The maximum atomic E-state index is 11.1. The Morgan fingerprint density at radius 1 is 1.38 bits per heavy atom. The number of likely N-dealkylation sites (N-methyl/N-ethyl adjacent to an activating group) is 1. The van der Waals surface area contributed by atoms with Gasteiger partial charge in [0.25, 0.3) is 0 Å². The number of amides is 1. The van der Waals surface area contributed by atoms with E-state index in [1.54, 1.807) is 7.05 Å². The van der Waals surface area contributed by atoms with Crippen LogP contribution >= 0.6 is 0 Å². The summed E-state index contributed by atoms with van der Waals surface area (Å²) in [6, 6.07) is 0.240. The molecule has 0 heterocycles. The number of nitrogens with zero attached hydrogens (tertiary/aromatic N) is 1. The zero-order valence-corrected chi connectivity index (χ0v) is 9.90. The van der Waals surface area contributed by atoms with Gasteiger partial charge in [-0.15, -0.1) is 0 Å². The summed E-state index contributed by atoms with van der Waals surface area (Å²) in [5.74, 6) is -0.865. The molecule has 1 fully saturated rings. The number of hydrogen-bond donors (Lipinski definition) is 2. The third-order valence-electron chi connectivity index (χ3n) is 3.07. The van der Waals surface area contributed by atoms with Gasteiger partial charge in [0.1, 0.15) is 0 Å². The molecular weight excluding hydrogens is 208 g/mol. The Balaban J connectivity index is 2.58. The van der Waals surface area contributed by atoms with Gasteiger partial charge in [-0.1, -0.05) is 12.8 Å². The third-order valence-corrected chi connectivity index (χ3v) is 3.07. The van der Waals surface area contributed by atoms with Crippen molar-refractivity contribution in [1.29, 1.82) is 0 Å². The molecule has 0 unspecified atom stereocenters. The molecule has 1 aliphatic rings. The lowest BCUT2D eigenvalue weighted by atomic mass is 9.89. The van der Waals surface area contributed by atoms with E-state index in [1.165, 1.54) is 6.92 Å². The molecule has 1 aliphatic carbocycles. The smallest absolute Gasteiger partial charge is 0.317 e. The van der Waals surface area contributed by atoms with Crippen LogP contribution in [-0.4, -0.2) is 47.6 Å². The first-order valence-electron chi connectivity index (χ1n) is 5.70. The summed E-state index contributed by atoms with van der Waals surface area (Å²) >= 11 is 0. The summed E-state index contributed by atoms with van der Waals surface area (Å²) in [6.07, 6.45) is 4.09. The first kappa shape index (κ1) is 13.0. The average Bonchev–Trinajstić information content (AvgIpc) is 2.16. The highest BCUT2D eigenvalue weighted by Gasteiger charge is 2.29. The Labute approximate surface area is 95.8 Å². The summed E-state index contributed by atoms with van der Waals surface area (Å²) in [5.41, 5.74) is 0. The zero-order valence-electron chi connectivity index (χ0n) is 9.90. The molecule has 1 saturated carbocycles. The van der Waals surface area contributed by atoms with Crippen LogP contribution in [0.4, 0.5) is 0 Å². The van der Waals surface area contributed by atoms with Crippen LogP contribution in [-0.2, 0) is 9.59 Å². The molecule has 5 heteroatoms. The maximum Gasteiger partial charge on any atom is 0.317 e. The SMILES string of the molecule is CC(=O)N[C@@H]1CCCC[C@@H]1N(C)CC(=O)O. The summed E-state index contributed by atoms with van der Waals surface area (Å²) < 4.78 is 0. The molecular formula is C11H20N2O3. The minimum absolute atomic E-state index is 0.0285. The number of rotatable bonds is 4. The van der Waals surface area contributed by atoms with Gasteiger partial charge >= 0.3 is 5.97 Å². The lowest BCUT2D eigenvalue weighted by Gasteiger charge is -2.37. The number of hydrogen-bond acceptors (Lipinski definition) is 3. The Kier molecular flexibility index (Phi) is 4.73. The Hall–Kier alpha value is -1.10. The highest BCUT2D eigenvalue weighted by Crippen LogP contribution is 2.22. The minimum atomic E-state index is -0.824. The fraction of sp³-hybridized carbons (Fsp3) is 0.818. The van der Waals surface area contributed by atoms with Gasteiger partial charge in [0, 0.05) is 19.0 Å². The molecule has 0 aromatic carbocycles. The lowest BCUT2D eigenvalue weighted by Crippen LogP contribution is -2.52. The predicted octanol–water partition coefficient (Wildman–Crippen LogP) is 0.450. The number of carboxylic acid groups (broad SMARTS) is 1. The second-order valence-electron chi connectivity index (χ2n) is 4.47. The summed E-state index contributed by atoms with van der Waals surface area (Å²) in [5, 5.41) is 11.7. The number of carboxylic acids is 1. The molecule has 2 N–H and O–H groups in total. The van der Waals surface area contributed by atoms with E-state index in [2.05, 4.69) is 5.32 Å². The Bertz CT molecular complexity index is 268. The van der Waals surface area contributed by atoms with Crippen molar-refractivity contribution in [3.63, 3.8) is 0 Å². The van der Waals surface area contributed by atoms with Gasteiger partial charge in [-0.2, -0.15) is 0 Å². The monoisotopic (exact) mass is 228 g/mol. The van der Waals surface area contributed by atoms with Crippen molar-refractivity contribution in [2.75, 3.05) is 13.6 Å². The molecule has 0 spiro atoms. The van der Waals surface area contributed by atoms with Gasteiger partial charge in [-0.05, 0) is 19.9 Å². The average molecular weight is 228 g/mol. The number of carbonyl (C=O) groups is 2. The van der Waals surface area contributed by atoms with E-state index in [-0.39, 0.29) is 24.5 Å². The van der Waals surface area contributed by atoms with E-state index in [9.17, 15) is 9.59 Å². The van der Waals surface area contributed by atoms with Gasteiger partial charge in [0.15, 0.2) is 0 Å². The molecule has 16 heavy (non-hydrogen) atoms. The zero-order chi connectivity index (χ0) is 12.1. The summed E-state index contributed by atoms with van der Waals surface area (Å²) in [7, 11) is 1.80. The van der Waals surface area contributed by atoms with Crippen LogP contribution in [0.5, 0.6) is 0 Å². The van der Waals surface area contributed by atoms with Crippen molar-refractivity contribution < 1.29 is 14.7 Å². The van der Waals surface area contributed by atoms with Gasteiger partial charge < -0.3 is 10.4 Å². The van der Waals surface area contributed by atoms with Crippen LogP contribution < -0.4 is 5.32 Å². The number of nitrogens with one attached hydrogen (secondary N) is 1.